The fourth-order valence-electron chi connectivity index (χ4n) is 2.76. The summed E-state index contributed by atoms with van der Waals surface area (Å²) < 4.78 is 13.6. The van der Waals surface area contributed by atoms with Crippen molar-refractivity contribution in [3.05, 3.63) is 35.1 Å². The van der Waals surface area contributed by atoms with Gasteiger partial charge in [0.15, 0.2) is 0 Å². The first-order valence-electron chi connectivity index (χ1n) is 7.41. The summed E-state index contributed by atoms with van der Waals surface area (Å²) in [4.78, 5) is 2.41. The highest BCUT2D eigenvalue weighted by atomic mass is 32.2. The molecule has 112 valence electrons. The molecule has 2 unspecified atom stereocenters. The zero-order valence-electron chi connectivity index (χ0n) is 12.7. The number of hydrogen-bond acceptors (Lipinski definition) is 3. The normalized spacial score (nSPS) is 21.9. The van der Waals surface area contributed by atoms with Crippen LogP contribution < -0.4 is 5.32 Å². The van der Waals surface area contributed by atoms with Crippen LogP contribution in [-0.4, -0.2) is 42.6 Å². The van der Waals surface area contributed by atoms with Gasteiger partial charge in [-0.25, -0.2) is 4.39 Å². The van der Waals surface area contributed by atoms with Crippen LogP contribution in [0.25, 0.3) is 0 Å². The van der Waals surface area contributed by atoms with Crippen molar-refractivity contribution in [2.45, 2.75) is 32.4 Å². The van der Waals surface area contributed by atoms with Crippen molar-refractivity contribution >= 4 is 11.8 Å². The summed E-state index contributed by atoms with van der Waals surface area (Å²) in [6.45, 7) is 6.32. The van der Waals surface area contributed by atoms with E-state index >= 15 is 0 Å². The maximum absolute atomic E-state index is 13.6. The number of nitrogens with zero attached hydrogens (tertiary/aromatic N) is 1. The van der Waals surface area contributed by atoms with Gasteiger partial charge in [-0.2, -0.15) is 11.8 Å². The molecule has 0 bridgehead atoms. The highest BCUT2D eigenvalue weighted by Crippen LogP contribution is 2.29. The number of rotatable bonds is 5. The molecule has 0 aromatic heterocycles. The summed E-state index contributed by atoms with van der Waals surface area (Å²) in [7, 11) is 2.18. The molecule has 0 radical (unpaired) electrons. The van der Waals surface area contributed by atoms with Gasteiger partial charge in [0.25, 0.3) is 0 Å². The Kier molecular flexibility index (Phi) is 5.87. The average molecular weight is 296 g/mol. The van der Waals surface area contributed by atoms with E-state index in [2.05, 4.69) is 31.1 Å². The predicted octanol–water partition coefficient (Wildman–Crippen LogP) is 3.22. The minimum Gasteiger partial charge on any atom is -0.309 e. The molecule has 0 aliphatic carbocycles. The second-order valence-electron chi connectivity index (χ2n) is 5.56. The number of aryl methyl sites for hydroxylation is 1. The fraction of sp³-hybridized carbons (Fsp3) is 0.625. The van der Waals surface area contributed by atoms with Gasteiger partial charge in [0.2, 0.25) is 0 Å². The Morgan fingerprint density at radius 2 is 2.30 bits per heavy atom. The molecular formula is C16H25FN2S. The number of nitrogens with one attached hydrogen (secondary N) is 1. The maximum atomic E-state index is 13.6. The third kappa shape index (κ3) is 3.74. The summed E-state index contributed by atoms with van der Waals surface area (Å²) in [6, 6.07) is 5.79. The highest BCUT2D eigenvalue weighted by molar-refractivity contribution is 7.99. The van der Waals surface area contributed by atoms with Gasteiger partial charge in [-0.1, -0.05) is 13.0 Å². The van der Waals surface area contributed by atoms with Gasteiger partial charge in [0, 0.05) is 30.1 Å². The van der Waals surface area contributed by atoms with Crippen molar-refractivity contribution < 1.29 is 4.39 Å². The fourth-order valence-corrected chi connectivity index (χ4v) is 4.03. The Morgan fingerprint density at radius 3 is 3.00 bits per heavy atom. The van der Waals surface area contributed by atoms with E-state index in [4.69, 9.17) is 0 Å². The first-order valence-corrected chi connectivity index (χ1v) is 8.56. The molecule has 0 spiro atoms. The van der Waals surface area contributed by atoms with E-state index in [9.17, 15) is 4.39 Å². The molecule has 20 heavy (non-hydrogen) atoms. The Bertz CT molecular complexity index is 438. The van der Waals surface area contributed by atoms with E-state index in [1.165, 1.54) is 11.3 Å². The molecule has 1 fully saturated rings. The molecule has 1 heterocycles. The summed E-state index contributed by atoms with van der Waals surface area (Å²) >= 11 is 2.00. The number of benzene rings is 1. The SMILES string of the molecule is CCCNC(c1cc(F)ccc1C)C1CSCCN1C. The molecule has 2 rings (SSSR count). The first kappa shape index (κ1) is 15.8. The molecule has 1 aliphatic rings. The average Bonchev–Trinajstić information content (AvgIpc) is 2.44. The molecule has 1 aromatic rings. The lowest BCUT2D eigenvalue weighted by Gasteiger charge is -2.39. The Morgan fingerprint density at radius 1 is 1.50 bits per heavy atom. The van der Waals surface area contributed by atoms with Gasteiger partial charge in [-0.15, -0.1) is 0 Å². The molecule has 0 saturated carbocycles. The topological polar surface area (TPSA) is 15.3 Å². The van der Waals surface area contributed by atoms with Crippen LogP contribution in [0.4, 0.5) is 4.39 Å². The second-order valence-corrected chi connectivity index (χ2v) is 6.71. The van der Waals surface area contributed by atoms with E-state index in [0.717, 1.165) is 30.8 Å². The van der Waals surface area contributed by atoms with Crippen molar-refractivity contribution in [1.29, 1.82) is 0 Å². The van der Waals surface area contributed by atoms with Crippen LogP contribution in [0.15, 0.2) is 18.2 Å². The third-order valence-corrected chi connectivity index (χ3v) is 5.07. The number of likely N-dealkylation sites (N-methyl/N-ethyl adjacent to an activating group) is 1. The number of thioether (sulfide) groups is 1. The molecular weight excluding hydrogens is 271 g/mol. The summed E-state index contributed by atoms with van der Waals surface area (Å²) in [5.74, 6) is 2.16. The van der Waals surface area contributed by atoms with Crippen LogP contribution in [0, 0.1) is 12.7 Å². The van der Waals surface area contributed by atoms with Crippen LogP contribution >= 0.6 is 11.8 Å². The van der Waals surface area contributed by atoms with E-state index in [-0.39, 0.29) is 11.9 Å². The molecule has 1 aromatic carbocycles. The second kappa shape index (κ2) is 7.43. The molecule has 2 nitrogen and oxygen atoms in total. The summed E-state index contributed by atoms with van der Waals surface area (Å²) in [6.07, 6.45) is 1.09. The van der Waals surface area contributed by atoms with Crippen molar-refractivity contribution in [2.75, 3.05) is 31.6 Å². The smallest absolute Gasteiger partial charge is 0.123 e. The number of halogens is 1. The standard InChI is InChI=1S/C16H25FN2S/c1-4-7-18-16(15-11-20-9-8-19(15)3)14-10-13(17)6-5-12(14)2/h5-6,10,15-16,18H,4,7-9,11H2,1-3H3. The van der Waals surface area contributed by atoms with Crippen molar-refractivity contribution in [1.82, 2.24) is 10.2 Å². The third-order valence-electron chi connectivity index (χ3n) is 4.02. The monoisotopic (exact) mass is 296 g/mol. The van der Waals surface area contributed by atoms with Crippen LogP contribution in [-0.2, 0) is 0 Å². The molecule has 1 saturated heterocycles. The maximum Gasteiger partial charge on any atom is 0.123 e. The Labute approximate surface area is 126 Å². The zero-order chi connectivity index (χ0) is 14.5. The highest BCUT2D eigenvalue weighted by Gasteiger charge is 2.29. The summed E-state index contributed by atoms with van der Waals surface area (Å²) in [5, 5.41) is 3.63. The van der Waals surface area contributed by atoms with Crippen LogP contribution in [0.5, 0.6) is 0 Å². The predicted molar refractivity (Wildman–Crippen MR) is 85.9 cm³/mol. The van der Waals surface area contributed by atoms with Gasteiger partial charge in [0.05, 0.1) is 0 Å². The summed E-state index contributed by atoms with van der Waals surface area (Å²) in [5.41, 5.74) is 2.28. The van der Waals surface area contributed by atoms with E-state index in [1.807, 2.05) is 17.8 Å². The van der Waals surface area contributed by atoms with E-state index in [1.54, 1.807) is 12.1 Å². The number of hydrogen-bond donors (Lipinski definition) is 1. The first-order chi connectivity index (χ1) is 9.63. The van der Waals surface area contributed by atoms with Crippen LogP contribution in [0.1, 0.15) is 30.5 Å². The molecule has 4 heteroatoms. The largest absolute Gasteiger partial charge is 0.309 e. The van der Waals surface area contributed by atoms with Gasteiger partial charge in [-0.3, -0.25) is 4.90 Å². The Balaban J connectivity index is 2.28. The van der Waals surface area contributed by atoms with E-state index < -0.39 is 0 Å². The lowest BCUT2D eigenvalue weighted by atomic mass is 9.94. The van der Waals surface area contributed by atoms with E-state index in [0.29, 0.717) is 6.04 Å². The van der Waals surface area contributed by atoms with Gasteiger partial charge < -0.3 is 5.32 Å². The minimum absolute atomic E-state index is 0.139. The lowest BCUT2D eigenvalue weighted by Crippen LogP contribution is -2.48. The molecule has 1 N–H and O–H groups in total. The molecule has 2 atom stereocenters. The van der Waals surface area contributed by atoms with Crippen LogP contribution in [0.3, 0.4) is 0 Å². The van der Waals surface area contributed by atoms with Crippen LogP contribution in [0.2, 0.25) is 0 Å². The van der Waals surface area contributed by atoms with Crippen molar-refractivity contribution in [3.8, 4) is 0 Å². The van der Waals surface area contributed by atoms with Gasteiger partial charge in [-0.05, 0) is 50.2 Å². The minimum atomic E-state index is -0.139. The quantitative estimate of drug-likeness (QED) is 0.898. The Hall–Kier alpha value is -0.580. The van der Waals surface area contributed by atoms with Gasteiger partial charge >= 0.3 is 0 Å². The zero-order valence-corrected chi connectivity index (χ0v) is 13.5. The van der Waals surface area contributed by atoms with Crippen molar-refractivity contribution in [2.24, 2.45) is 0 Å². The van der Waals surface area contributed by atoms with Gasteiger partial charge in [0.1, 0.15) is 5.82 Å². The lowest BCUT2D eigenvalue weighted by molar-refractivity contribution is 0.215. The van der Waals surface area contributed by atoms with Crippen molar-refractivity contribution in [3.63, 3.8) is 0 Å². The molecule has 1 aliphatic heterocycles. The molecule has 0 amide bonds.